The molecule has 0 unspecified atom stereocenters. The van der Waals surface area contributed by atoms with Crippen LogP contribution in [-0.2, 0) is 0 Å². The molecule has 0 atom stereocenters. The van der Waals surface area contributed by atoms with Crippen molar-refractivity contribution in [2.45, 2.75) is 40.0 Å². The lowest BCUT2D eigenvalue weighted by Crippen LogP contribution is -2.40. The van der Waals surface area contributed by atoms with Crippen LogP contribution in [0.3, 0.4) is 0 Å². The number of urea groups is 1. The molecule has 2 amide bonds. The highest BCUT2D eigenvalue weighted by atomic mass is 16.2. The minimum absolute atomic E-state index is 0.145. The Morgan fingerprint density at radius 1 is 1.27 bits per heavy atom. The van der Waals surface area contributed by atoms with Crippen molar-refractivity contribution in [1.29, 1.82) is 0 Å². The number of nitrogens with zero attached hydrogens (tertiary/aromatic N) is 2. The van der Waals surface area contributed by atoms with Crippen LogP contribution in [0.2, 0.25) is 0 Å². The van der Waals surface area contributed by atoms with Crippen LogP contribution < -0.4 is 10.6 Å². The Labute approximate surface area is 133 Å². The molecular weight excluding hydrogens is 276 g/mol. The predicted molar refractivity (Wildman–Crippen MR) is 90.2 cm³/mol. The number of carbonyl (C=O) groups excluding carboxylic acids is 1. The van der Waals surface area contributed by atoms with Crippen molar-refractivity contribution in [1.82, 2.24) is 15.2 Å². The van der Waals surface area contributed by atoms with E-state index in [1.165, 1.54) is 19.3 Å². The van der Waals surface area contributed by atoms with Gasteiger partial charge in [-0.15, -0.1) is 0 Å². The lowest BCUT2D eigenvalue weighted by atomic mass is 9.94. The Morgan fingerprint density at radius 3 is 2.50 bits per heavy atom. The number of hydrogen-bond acceptors (Lipinski definition) is 3. The monoisotopic (exact) mass is 304 g/mol. The molecule has 1 aromatic rings. The van der Waals surface area contributed by atoms with Crippen molar-refractivity contribution in [2.24, 2.45) is 5.92 Å². The second kappa shape index (κ2) is 8.13. The average molecular weight is 304 g/mol. The fraction of sp³-hybridized carbons (Fsp3) is 0.647. The number of nitrogens with one attached hydrogen (secondary N) is 2. The molecule has 2 N–H and O–H groups in total. The van der Waals surface area contributed by atoms with Gasteiger partial charge < -0.3 is 15.5 Å². The SMILES string of the molecule is CCC1CCN(CCNC(=O)Nc2cc(C)nc(C)c2)CC1. The lowest BCUT2D eigenvalue weighted by molar-refractivity contribution is 0.182. The zero-order valence-corrected chi connectivity index (χ0v) is 14.0. The van der Waals surface area contributed by atoms with Crippen LogP contribution >= 0.6 is 0 Å². The quantitative estimate of drug-likeness (QED) is 0.879. The molecule has 0 spiro atoms. The van der Waals surface area contributed by atoms with Crippen LogP contribution in [0.5, 0.6) is 0 Å². The van der Waals surface area contributed by atoms with E-state index in [9.17, 15) is 4.79 Å². The molecule has 1 fully saturated rings. The van der Waals surface area contributed by atoms with Gasteiger partial charge in [0.15, 0.2) is 0 Å². The second-order valence-electron chi connectivity index (χ2n) is 6.21. The molecule has 22 heavy (non-hydrogen) atoms. The summed E-state index contributed by atoms with van der Waals surface area (Å²) >= 11 is 0. The topological polar surface area (TPSA) is 57.3 Å². The Kier molecular flexibility index (Phi) is 6.19. The number of carbonyl (C=O) groups is 1. The average Bonchev–Trinajstić information content (AvgIpc) is 2.47. The first-order valence-electron chi connectivity index (χ1n) is 8.29. The van der Waals surface area contributed by atoms with E-state index in [4.69, 9.17) is 0 Å². The number of pyridine rings is 1. The van der Waals surface area contributed by atoms with E-state index in [0.717, 1.165) is 42.6 Å². The number of aromatic nitrogens is 1. The second-order valence-corrected chi connectivity index (χ2v) is 6.21. The molecule has 1 saturated heterocycles. The molecular formula is C17H28N4O. The summed E-state index contributed by atoms with van der Waals surface area (Å²) in [6, 6.07) is 3.61. The molecule has 0 radical (unpaired) electrons. The number of aryl methyl sites for hydroxylation is 2. The number of piperidine rings is 1. The molecule has 0 saturated carbocycles. The number of hydrogen-bond donors (Lipinski definition) is 2. The molecule has 0 aromatic carbocycles. The van der Waals surface area contributed by atoms with Gasteiger partial charge in [-0.3, -0.25) is 4.98 Å². The number of rotatable bonds is 5. The van der Waals surface area contributed by atoms with Gasteiger partial charge >= 0.3 is 6.03 Å². The van der Waals surface area contributed by atoms with Gasteiger partial charge in [0, 0.05) is 30.2 Å². The summed E-state index contributed by atoms with van der Waals surface area (Å²) in [5.74, 6) is 0.894. The van der Waals surface area contributed by atoms with E-state index >= 15 is 0 Å². The van der Waals surface area contributed by atoms with Crippen LogP contribution in [0.15, 0.2) is 12.1 Å². The minimum atomic E-state index is -0.145. The smallest absolute Gasteiger partial charge is 0.319 e. The van der Waals surface area contributed by atoms with Crippen molar-refractivity contribution in [2.75, 3.05) is 31.5 Å². The Hall–Kier alpha value is -1.62. The molecule has 2 rings (SSSR count). The Bertz CT molecular complexity index is 475. The molecule has 5 nitrogen and oxygen atoms in total. The first-order chi connectivity index (χ1) is 10.6. The molecule has 0 aliphatic carbocycles. The molecule has 1 aliphatic rings. The first kappa shape index (κ1) is 16.7. The maximum absolute atomic E-state index is 11.9. The predicted octanol–water partition coefficient (Wildman–Crippen LogP) is 2.94. The number of likely N-dealkylation sites (tertiary alicyclic amines) is 1. The molecule has 0 bridgehead atoms. The summed E-state index contributed by atoms with van der Waals surface area (Å²) in [5, 5.41) is 5.80. The highest BCUT2D eigenvalue weighted by Gasteiger charge is 2.17. The largest absolute Gasteiger partial charge is 0.337 e. The molecule has 1 aromatic heterocycles. The maximum Gasteiger partial charge on any atom is 0.319 e. The lowest BCUT2D eigenvalue weighted by Gasteiger charge is -2.31. The van der Waals surface area contributed by atoms with Gasteiger partial charge in [0.05, 0.1) is 0 Å². The van der Waals surface area contributed by atoms with Crippen molar-refractivity contribution in [3.63, 3.8) is 0 Å². The molecule has 122 valence electrons. The third-order valence-electron chi connectivity index (χ3n) is 4.34. The Balaban J connectivity index is 1.68. The summed E-state index contributed by atoms with van der Waals surface area (Å²) in [4.78, 5) is 18.7. The summed E-state index contributed by atoms with van der Waals surface area (Å²) < 4.78 is 0. The van der Waals surface area contributed by atoms with Gasteiger partial charge in [-0.25, -0.2) is 4.79 Å². The van der Waals surface area contributed by atoms with E-state index in [0.29, 0.717) is 6.54 Å². The highest BCUT2D eigenvalue weighted by molar-refractivity contribution is 5.89. The summed E-state index contributed by atoms with van der Waals surface area (Å²) in [6.45, 7) is 10.1. The normalized spacial score (nSPS) is 16.5. The van der Waals surface area contributed by atoms with Gasteiger partial charge in [-0.2, -0.15) is 0 Å². The van der Waals surface area contributed by atoms with E-state index < -0.39 is 0 Å². The number of amides is 2. The van der Waals surface area contributed by atoms with E-state index in [2.05, 4.69) is 27.4 Å². The van der Waals surface area contributed by atoms with Gasteiger partial charge in [0.2, 0.25) is 0 Å². The van der Waals surface area contributed by atoms with Crippen LogP contribution in [0.4, 0.5) is 10.5 Å². The standard InChI is InChI=1S/C17H28N4O/c1-4-15-5-8-21(9-6-15)10-7-18-17(22)20-16-11-13(2)19-14(3)12-16/h11-12,15H,4-10H2,1-3H3,(H2,18,19,20,22). The molecule has 2 heterocycles. The van der Waals surface area contributed by atoms with E-state index in [-0.39, 0.29) is 6.03 Å². The fourth-order valence-electron chi connectivity index (χ4n) is 3.03. The zero-order valence-electron chi connectivity index (χ0n) is 14.0. The third kappa shape index (κ3) is 5.30. The maximum atomic E-state index is 11.9. The van der Waals surface area contributed by atoms with Crippen LogP contribution in [-0.4, -0.2) is 42.1 Å². The summed E-state index contributed by atoms with van der Waals surface area (Å²) in [5.41, 5.74) is 2.62. The van der Waals surface area contributed by atoms with Gasteiger partial charge in [0.25, 0.3) is 0 Å². The van der Waals surface area contributed by atoms with Crippen molar-refractivity contribution < 1.29 is 4.79 Å². The Morgan fingerprint density at radius 2 is 1.91 bits per heavy atom. The van der Waals surface area contributed by atoms with Crippen molar-refractivity contribution in [3.05, 3.63) is 23.5 Å². The van der Waals surface area contributed by atoms with Crippen molar-refractivity contribution >= 4 is 11.7 Å². The van der Waals surface area contributed by atoms with E-state index in [1.54, 1.807) is 0 Å². The third-order valence-corrected chi connectivity index (χ3v) is 4.34. The molecule has 5 heteroatoms. The zero-order chi connectivity index (χ0) is 15.9. The van der Waals surface area contributed by atoms with E-state index in [1.807, 2.05) is 26.0 Å². The van der Waals surface area contributed by atoms with Gasteiger partial charge in [0.1, 0.15) is 0 Å². The fourth-order valence-corrected chi connectivity index (χ4v) is 3.03. The van der Waals surface area contributed by atoms with Crippen molar-refractivity contribution in [3.8, 4) is 0 Å². The first-order valence-corrected chi connectivity index (χ1v) is 8.29. The number of anilines is 1. The van der Waals surface area contributed by atoms with Crippen LogP contribution in [0.25, 0.3) is 0 Å². The van der Waals surface area contributed by atoms with Crippen LogP contribution in [0, 0.1) is 19.8 Å². The summed E-state index contributed by atoms with van der Waals surface area (Å²) in [7, 11) is 0. The minimum Gasteiger partial charge on any atom is -0.337 e. The molecule has 1 aliphatic heterocycles. The van der Waals surface area contributed by atoms with Gasteiger partial charge in [-0.05, 0) is 57.8 Å². The summed E-state index contributed by atoms with van der Waals surface area (Å²) in [6.07, 6.45) is 3.87. The van der Waals surface area contributed by atoms with Gasteiger partial charge in [-0.1, -0.05) is 13.3 Å². The highest BCUT2D eigenvalue weighted by Crippen LogP contribution is 2.19. The van der Waals surface area contributed by atoms with Crippen LogP contribution in [0.1, 0.15) is 37.6 Å².